The second-order valence-electron chi connectivity index (χ2n) is 7.89. The van der Waals surface area contributed by atoms with E-state index in [9.17, 15) is 8.42 Å². The van der Waals surface area contributed by atoms with E-state index in [-0.39, 0.29) is 35.4 Å². The fourth-order valence-corrected chi connectivity index (χ4v) is 4.51. The van der Waals surface area contributed by atoms with Gasteiger partial charge in [-0.25, -0.2) is 18.1 Å². The first-order valence-electron chi connectivity index (χ1n) is 10.7. The molecule has 0 spiro atoms. The van der Waals surface area contributed by atoms with E-state index in [4.69, 9.17) is 9.73 Å². The van der Waals surface area contributed by atoms with E-state index in [0.29, 0.717) is 19.1 Å². The maximum Gasteiger partial charge on any atom is 0.240 e. The third-order valence-electron chi connectivity index (χ3n) is 4.85. The van der Waals surface area contributed by atoms with Crippen LogP contribution in [0.5, 0.6) is 0 Å². The molecule has 0 amide bonds. The number of methoxy groups -OCH3 is 1. The van der Waals surface area contributed by atoms with Crippen molar-refractivity contribution in [2.45, 2.75) is 32.2 Å². The Kier molecular flexibility index (Phi) is 12.9. The molecule has 1 aromatic rings. The van der Waals surface area contributed by atoms with Crippen molar-refractivity contribution in [1.29, 1.82) is 0 Å². The lowest BCUT2D eigenvalue weighted by molar-refractivity contribution is 0.164. The summed E-state index contributed by atoms with van der Waals surface area (Å²) in [7, 11) is -2.01. The van der Waals surface area contributed by atoms with Gasteiger partial charge in [-0.15, -0.1) is 24.0 Å². The lowest BCUT2D eigenvalue weighted by atomic mass is 10.2. The highest BCUT2D eigenvalue weighted by atomic mass is 127. The number of nitrogens with one attached hydrogen (secondary N) is 2. The highest BCUT2D eigenvalue weighted by Gasteiger charge is 2.20. The van der Waals surface area contributed by atoms with Gasteiger partial charge < -0.3 is 15.0 Å². The minimum Gasteiger partial charge on any atom is -0.383 e. The minimum absolute atomic E-state index is 0. The van der Waals surface area contributed by atoms with Crippen LogP contribution in [0.25, 0.3) is 0 Å². The maximum atomic E-state index is 12.4. The molecule has 1 fully saturated rings. The molecule has 2 N–H and O–H groups in total. The van der Waals surface area contributed by atoms with Crippen LogP contribution in [0.2, 0.25) is 0 Å². The van der Waals surface area contributed by atoms with Crippen LogP contribution in [0.15, 0.2) is 34.2 Å². The van der Waals surface area contributed by atoms with Crippen molar-refractivity contribution in [3.63, 3.8) is 0 Å². The second kappa shape index (κ2) is 14.2. The Balaban J connectivity index is 0.00000480. The standard InChI is InChI=1S/C21H37N5O3S.HI/c1-5-22-21(26-12-10-25(11-13-26)17-18(2)3)23-16-19-7-6-8-20(15-19)30(27,28)24-9-14-29-4;/h6-8,15,18,24H,5,9-14,16-17H2,1-4H3,(H,22,23);1H. The number of hydrogen-bond acceptors (Lipinski definition) is 5. The van der Waals surface area contributed by atoms with E-state index < -0.39 is 10.0 Å². The van der Waals surface area contributed by atoms with Gasteiger partial charge in [-0.1, -0.05) is 26.0 Å². The van der Waals surface area contributed by atoms with Gasteiger partial charge in [-0.05, 0) is 30.5 Å². The van der Waals surface area contributed by atoms with Crippen molar-refractivity contribution in [2.24, 2.45) is 10.9 Å². The van der Waals surface area contributed by atoms with Gasteiger partial charge in [0.05, 0.1) is 18.0 Å². The van der Waals surface area contributed by atoms with E-state index in [1.54, 1.807) is 25.3 Å². The van der Waals surface area contributed by atoms with Gasteiger partial charge in [0.25, 0.3) is 0 Å². The molecule has 8 nitrogen and oxygen atoms in total. The van der Waals surface area contributed by atoms with Crippen LogP contribution in [0.3, 0.4) is 0 Å². The van der Waals surface area contributed by atoms with Crippen molar-refractivity contribution < 1.29 is 13.2 Å². The average Bonchev–Trinajstić information content (AvgIpc) is 2.72. The summed E-state index contributed by atoms with van der Waals surface area (Å²) in [5.74, 6) is 1.55. The van der Waals surface area contributed by atoms with E-state index in [2.05, 4.69) is 40.6 Å². The Hall–Kier alpha value is -0.950. The predicted octanol–water partition coefficient (Wildman–Crippen LogP) is 1.97. The Morgan fingerprint density at radius 3 is 2.55 bits per heavy atom. The van der Waals surface area contributed by atoms with Crippen LogP contribution in [0.1, 0.15) is 26.3 Å². The SMILES string of the molecule is CCNC(=NCc1cccc(S(=O)(=O)NCCOC)c1)N1CCN(CC(C)C)CC1.I. The van der Waals surface area contributed by atoms with Crippen molar-refractivity contribution in [2.75, 3.05) is 59.5 Å². The van der Waals surface area contributed by atoms with Gasteiger partial charge in [0.1, 0.15) is 0 Å². The maximum absolute atomic E-state index is 12.4. The number of aliphatic imine (C=N–C) groups is 1. The zero-order chi connectivity index (χ0) is 22.0. The number of halogens is 1. The monoisotopic (exact) mass is 567 g/mol. The molecule has 0 aliphatic carbocycles. The normalized spacial score (nSPS) is 15.8. The number of guanidine groups is 1. The molecule has 1 aliphatic rings. The van der Waals surface area contributed by atoms with Crippen molar-refractivity contribution in [3.8, 4) is 0 Å². The summed E-state index contributed by atoms with van der Waals surface area (Å²) in [5, 5.41) is 3.37. The topological polar surface area (TPSA) is 86.3 Å². The van der Waals surface area contributed by atoms with Crippen LogP contribution in [0, 0.1) is 5.92 Å². The Labute approximate surface area is 204 Å². The van der Waals surface area contributed by atoms with E-state index >= 15 is 0 Å². The fourth-order valence-electron chi connectivity index (χ4n) is 3.42. The third-order valence-corrected chi connectivity index (χ3v) is 6.31. The highest BCUT2D eigenvalue weighted by molar-refractivity contribution is 14.0. The number of rotatable bonds is 10. The summed E-state index contributed by atoms with van der Waals surface area (Å²) >= 11 is 0. The van der Waals surface area contributed by atoms with E-state index in [0.717, 1.165) is 50.8 Å². The van der Waals surface area contributed by atoms with Crippen molar-refractivity contribution in [3.05, 3.63) is 29.8 Å². The number of nitrogens with zero attached hydrogens (tertiary/aromatic N) is 3. The first kappa shape index (κ1) is 28.1. The summed E-state index contributed by atoms with van der Waals surface area (Å²) in [6.45, 7) is 13.4. The second-order valence-corrected chi connectivity index (χ2v) is 9.66. The molecule has 0 bridgehead atoms. The lowest BCUT2D eigenvalue weighted by Gasteiger charge is -2.37. The molecule has 178 valence electrons. The Morgan fingerprint density at radius 1 is 1.23 bits per heavy atom. The summed E-state index contributed by atoms with van der Waals surface area (Å²) in [6, 6.07) is 6.94. The summed E-state index contributed by atoms with van der Waals surface area (Å²) in [4.78, 5) is 9.80. The largest absolute Gasteiger partial charge is 0.383 e. The fraction of sp³-hybridized carbons (Fsp3) is 0.667. The molecule has 2 rings (SSSR count). The molecule has 31 heavy (non-hydrogen) atoms. The zero-order valence-electron chi connectivity index (χ0n) is 19.1. The number of ether oxygens (including phenoxy) is 1. The number of sulfonamides is 1. The average molecular weight is 568 g/mol. The van der Waals surface area contributed by atoms with Gasteiger partial charge >= 0.3 is 0 Å². The molecule has 0 saturated carbocycles. The summed E-state index contributed by atoms with van der Waals surface area (Å²) in [5.41, 5.74) is 0.860. The van der Waals surface area contributed by atoms with E-state index in [1.165, 1.54) is 0 Å². The lowest BCUT2D eigenvalue weighted by Crippen LogP contribution is -2.53. The summed E-state index contributed by atoms with van der Waals surface area (Å²) < 4.78 is 32.3. The quantitative estimate of drug-likeness (QED) is 0.195. The molecule has 0 atom stereocenters. The minimum atomic E-state index is -3.55. The van der Waals surface area contributed by atoms with Crippen LogP contribution < -0.4 is 10.0 Å². The molecule has 10 heteroatoms. The highest BCUT2D eigenvalue weighted by Crippen LogP contribution is 2.13. The van der Waals surface area contributed by atoms with Crippen LogP contribution >= 0.6 is 24.0 Å². The molecule has 0 aromatic heterocycles. The molecule has 0 radical (unpaired) electrons. The first-order valence-corrected chi connectivity index (χ1v) is 12.2. The molecular weight excluding hydrogens is 529 g/mol. The van der Waals surface area contributed by atoms with E-state index in [1.807, 2.05) is 6.07 Å². The van der Waals surface area contributed by atoms with Crippen LogP contribution in [-0.4, -0.2) is 83.7 Å². The predicted molar refractivity (Wildman–Crippen MR) is 137 cm³/mol. The molecule has 1 heterocycles. The number of piperazine rings is 1. The zero-order valence-corrected chi connectivity index (χ0v) is 22.3. The smallest absolute Gasteiger partial charge is 0.240 e. The summed E-state index contributed by atoms with van der Waals surface area (Å²) in [6.07, 6.45) is 0. The molecule has 0 unspecified atom stereocenters. The van der Waals surface area contributed by atoms with Crippen LogP contribution in [-0.2, 0) is 21.3 Å². The molecular formula is C21H38IN5O3S. The number of hydrogen-bond donors (Lipinski definition) is 2. The third kappa shape index (κ3) is 9.60. The van der Waals surface area contributed by atoms with Gasteiger partial charge in [0.15, 0.2) is 5.96 Å². The van der Waals surface area contributed by atoms with Gasteiger partial charge in [-0.2, -0.15) is 0 Å². The Morgan fingerprint density at radius 2 is 1.94 bits per heavy atom. The van der Waals surface area contributed by atoms with Crippen LogP contribution in [0.4, 0.5) is 0 Å². The van der Waals surface area contributed by atoms with Gasteiger partial charge in [0.2, 0.25) is 10.0 Å². The van der Waals surface area contributed by atoms with Gasteiger partial charge in [-0.3, -0.25) is 4.90 Å². The van der Waals surface area contributed by atoms with Crippen molar-refractivity contribution in [1.82, 2.24) is 19.8 Å². The molecule has 1 aromatic carbocycles. The first-order chi connectivity index (χ1) is 14.4. The van der Waals surface area contributed by atoms with Crippen molar-refractivity contribution >= 4 is 40.0 Å². The number of benzene rings is 1. The Bertz CT molecular complexity index is 781. The molecule has 1 saturated heterocycles. The van der Waals surface area contributed by atoms with Gasteiger partial charge in [0, 0.05) is 52.9 Å². The molecule has 1 aliphatic heterocycles.